The summed E-state index contributed by atoms with van der Waals surface area (Å²) in [7, 11) is 0. The number of rotatable bonds is 1. The van der Waals surface area contributed by atoms with Crippen molar-refractivity contribution in [1.29, 1.82) is 0 Å². The molecule has 0 amide bonds. The van der Waals surface area contributed by atoms with Gasteiger partial charge < -0.3 is 9.73 Å². The monoisotopic (exact) mass is 202 g/mol. The predicted octanol–water partition coefficient (Wildman–Crippen LogP) is 2.29. The maximum atomic E-state index is 5.80. The van der Waals surface area contributed by atoms with Crippen molar-refractivity contribution >= 4 is 11.1 Å². The first-order valence-corrected chi connectivity index (χ1v) is 5.49. The summed E-state index contributed by atoms with van der Waals surface area (Å²) >= 11 is 0. The van der Waals surface area contributed by atoms with Gasteiger partial charge in [-0.2, -0.15) is 0 Å². The number of hydrogen-bond acceptors (Lipinski definition) is 3. The summed E-state index contributed by atoms with van der Waals surface area (Å²) in [5, 5.41) is 3.40. The fraction of sp³-hybridized carbons (Fsp3) is 0.417. The normalized spacial score (nSPS) is 22.0. The summed E-state index contributed by atoms with van der Waals surface area (Å²) in [6, 6.07) is 5.96. The van der Waals surface area contributed by atoms with Crippen molar-refractivity contribution in [3.05, 3.63) is 30.2 Å². The predicted molar refractivity (Wildman–Crippen MR) is 58.9 cm³/mol. The molecule has 1 aliphatic heterocycles. The number of pyridine rings is 1. The van der Waals surface area contributed by atoms with Gasteiger partial charge in [-0.15, -0.1) is 0 Å². The Labute approximate surface area is 88.5 Å². The molecule has 1 saturated heterocycles. The molecular formula is C12H14N2O. The van der Waals surface area contributed by atoms with Gasteiger partial charge in [0.1, 0.15) is 11.3 Å². The lowest BCUT2D eigenvalue weighted by Gasteiger charge is -2.20. The molecule has 1 unspecified atom stereocenters. The first-order valence-electron chi connectivity index (χ1n) is 5.49. The van der Waals surface area contributed by atoms with Crippen LogP contribution in [-0.4, -0.2) is 18.1 Å². The number of hydrogen-bond donors (Lipinski definition) is 1. The third-order valence-electron chi connectivity index (χ3n) is 3.01. The average Bonchev–Trinajstić information content (AvgIpc) is 2.74. The molecule has 0 aliphatic carbocycles. The van der Waals surface area contributed by atoms with Gasteiger partial charge in [0.05, 0.1) is 0 Å². The minimum Gasteiger partial charge on any atom is -0.459 e. The SMILES string of the molecule is c1cnc2cc(C3CCCNC3)oc2c1. The molecule has 3 nitrogen and oxygen atoms in total. The van der Waals surface area contributed by atoms with E-state index in [1.165, 1.54) is 12.8 Å². The van der Waals surface area contributed by atoms with E-state index in [-0.39, 0.29) is 0 Å². The summed E-state index contributed by atoms with van der Waals surface area (Å²) in [4.78, 5) is 4.28. The third-order valence-corrected chi connectivity index (χ3v) is 3.01. The molecule has 0 bridgehead atoms. The largest absolute Gasteiger partial charge is 0.459 e. The van der Waals surface area contributed by atoms with E-state index >= 15 is 0 Å². The smallest absolute Gasteiger partial charge is 0.152 e. The first kappa shape index (κ1) is 8.92. The summed E-state index contributed by atoms with van der Waals surface area (Å²) in [6.45, 7) is 2.16. The number of furan rings is 1. The number of aromatic nitrogens is 1. The Morgan fingerprint density at radius 1 is 1.47 bits per heavy atom. The minimum absolute atomic E-state index is 0.521. The van der Waals surface area contributed by atoms with E-state index in [0.29, 0.717) is 5.92 Å². The quantitative estimate of drug-likeness (QED) is 0.771. The molecule has 0 saturated carbocycles. The molecule has 1 N–H and O–H groups in total. The molecule has 3 rings (SSSR count). The molecule has 1 aliphatic rings. The Morgan fingerprint density at radius 2 is 2.47 bits per heavy atom. The van der Waals surface area contributed by atoms with Crippen molar-refractivity contribution in [2.45, 2.75) is 18.8 Å². The second-order valence-electron chi connectivity index (χ2n) is 4.08. The van der Waals surface area contributed by atoms with Crippen LogP contribution in [0.2, 0.25) is 0 Å². The molecule has 2 aromatic rings. The lowest BCUT2D eigenvalue weighted by molar-refractivity contribution is 0.400. The van der Waals surface area contributed by atoms with E-state index in [1.807, 2.05) is 12.1 Å². The van der Waals surface area contributed by atoms with Crippen LogP contribution >= 0.6 is 0 Å². The van der Waals surface area contributed by atoms with E-state index in [1.54, 1.807) is 6.20 Å². The van der Waals surface area contributed by atoms with Crippen LogP contribution in [0, 0.1) is 0 Å². The number of piperidine rings is 1. The van der Waals surface area contributed by atoms with Crippen LogP contribution in [0.5, 0.6) is 0 Å². The molecule has 78 valence electrons. The lowest BCUT2D eigenvalue weighted by Crippen LogP contribution is -2.28. The van der Waals surface area contributed by atoms with Gasteiger partial charge in [0, 0.05) is 24.7 Å². The minimum atomic E-state index is 0.521. The van der Waals surface area contributed by atoms with Crippen LogP contribution in [-0.2, 0) is 0 Å². The molecule has 0 aromatic carbocycles. The van der Waals surface area contributed by atoms with Gasteiger partial charge in [-0.1, -0.05) is 0 Å². The Kier molecular flexibility index (Phi) is 2.18. The Balaban J connectivity index is 1.96. The van der Waals surface area contributed by atoms with Crippen LogP contribution in [0.15, 0.2) is 28.8 Å². The van der Waals surface area contributed by atoms with Crippen molar-refractivity contribution in [2.24, 2.45) is 0 Å². The van der Waals surface area contributed by atoms with Crippen molar-refractivity contribution in [2.75, 3.05) is 13.1 Å². The fourth-order valence-electron chi connectivity index (χ4n) is 2.18. The van der Waals surface area contributed by atoms with E-state index in [4.69, 9.17) is 4.42 Å². The summed E-state index contributed by atoms with van der Waals surface area (Å²) in [5.74, 6) is 1.60. The maximum absolute atomic E-state index is 5.80. The van der Waals surface area contributed by atoms with Gasteiger partial charge >= 0.3 is 0 Å². The van der Waals surface area contributed by atoms with Crippen molar-refractivity contribution in [1.82, 2.24) is 10.3 Å². The highest BCUT2D eigenvalue weighted by molar-refractivity contribution is 5.72. The van der Waals surface area contributed by atoms with Gasteiger partial charge in [-0.25, -0.2) is 0 Å². The third kappa shape index (κ3) is 1.63. The number of nitrogens with zero attached hydrogens (tertiary/aromatic N) is 1. The van der Waals surface area contributed by atoms with E-state index in [9.17, 15) is 0 Å². The maximum Gasteiger partial charge on any atom is 0.152 e. The van der Waals surface area contributed by atoms with Crippen molar-refractivity contribution < 1.29 is 4.42 Å². The van der Waals surface area contributed by atoms with E-state index < -0.39 is 0 Å². The highest BCUT2D eigenvalue weighted by Crippen LogP contribution is 2.27. The van der Waals surface area contributed by atoms with Gasteiger partial charge in [-0.3, -0.25) is 4.98 Å². The summed E-state index contributed by atoms with van der Waals surface area (Å²) in [6.07, 6.45) is 4.25. The van der Waals surface area contributed by atoms with Crippen LogP contribution in [0.1, 0.15) is 24.5 Å². The number of nitrogens with one attached hydrogen (secondary N) is 1. The standard InChI is InChI=1S/C12H14N2O/c1-3-9(8-13-5-1)12-7-10-11(15-12)4-2-6-14-10/h2,4,6-7,9,13H,1,3,5,8H2. The van der Waals surface area contributed by atoms with Gasteiger partial charge in [0.15, 0.2) is 5.58 Å². The second kappa shape index (κ2) is 3.66. The zero-order chi connectivity index (χ0) is 10.1. The molecule has 3 heterocycles. The van der Waals surface area contributed by atoms with Crippen molar-refractivity contribution in [3.8, 4) is 0 Å². The molecule has 3 heteroatoms. The van der Waals surface area contributed by atoms with E-state index in [0.717, 1.165) is 29.9 Å². The van der Waals surface area contributed by atoms with Gasteiger partial charge in [0.2, 0.25) is 0 Å². The lowest BCUT2D eigenvalue weighted by atomic mass is 9.97. The van der Waals surface area contributed by atoms with Crippen LogP contribution < -0.4 is 5.32 Å². The molecule has 0 spiro atoms. The zero-order valence-corrected chi connectivity index (χ0v) is 8.57. The molecule has 0 radical (unpaired) electrons. The zero-order valence-electron chi connectivity index (χ0n) is 8.57. The topological polar surface area (TPSA) is 38.1 Å². The highest BCUT2D eigenvalue weighted by atomic mass is 16.3. The fourth-order valence-corrected chi connectivity index (χ4v) is 2.18. The van der Waals surface area contributed by atoms with Gasteiger partial charge in [0.25, 0.3) is 0 Å². The Morgan fingerprint density at radius 3 is 3.27 bits per heavy atom. The van der Waals surface area contributed by atoms with Crippen molar-refractivity contribution in [3.63, 3.8) is 0 Å². The van der Waals surface area contributed by atoms with Crippen LogP contribution in [0.4, 0.5) is 0 Å². The molecular weight excluding hydrogens is 188 g/mol. The first-order chi connectivity index (χ1) is 7.43. The van der Waals surface area contributed by atoms with Crippen LogP contribution in [0.25, 0.3) is 11.1 Å². The Bertz CT molecular complexity index is 424. The molecule has 1 atom stereocenters. The van der Waals surface area contributed by atoms with Crippen LogP contribution in [0.3, 0.4) is 0 Å². The van der Waals surface area contributed by atoms with E-state index in [2.05, 4.69) is 16.4 Å². The average molecular weight is 202 g/mol. The summed E-state index contributed by atoms with van der Waals surface area (Å²) < 4.78 is 5.80. The highest BCUT2D eigenvalue weighted by Gasteiger charge is 2.18. The Hall–Kier alpha value is -1.35. The second-order valence-corrected chi connectivity index (χ2v) is 4.08. The molecule has 15 heavy (non-hydrogen) atoms. The van der Waals surface area contributed by atoms with Gasteiger partial charge in [-0.05, 0) is 31.5 Å². The molecule has 2 aromatic heterocycles. The summed E-state index contributed by atoms with van der Waals surface area (Å²) in [5.41, 5.74) is 1.87. The number of fused-ring (bicyclic) bond motifs is 1. The molecule has 1 fully saturated rings.